The highest BCUT2D eigenvalue weighted by Gasteiger charge is 2.24. The Morgan fingerprint density at radius 3 is 3.04 bits per heavy atom. The molecule has 2 aromatic rings. The number of likely N-dealkylation sites (tertiary alicyclic amines) is 1. The van der Waals surface area contributed by atoms with E-state index < -0.39 is 5.82 Å². The molecule has 24 heavy (non-hydrogen) atoms. The Labute approximate surface area is 140 Å². The van der Waals surface area contributed by atoms with Crippen molar-refractivity contribution in [1.82, 2.24) is 20.1 Å². The van der Waals surface area contributed by atoms with Gasteiger partial charge in [-0.15, -0.1) is 0 Å². The van der Waals surface area contributed by atoms with Gasteiger partial charge in [0.25, 0.3) is 0 Å². The molecule has 1 amide bonds. The van der Waals surface area contributed by atoms with Gasteiger partial charge in [0, 0.05) is 25.4 Å². The van der Waals surface area contributed by atoms with E-state index in [9.17, 15) is 9.18 Å². The number of rotatable bonds is 5. The normalized spacial score (nSPS) is 18.5. The van der Waals surface area contributed by atoms with Gasteiger partial charge in [0.2, 0.25) is 5.91 Å². The molecule has 0 radical (unpaired) electrons. The number of aromatic nitrogens is 3. The predicted molar refractivity (Wildman–Crippen MR) is 89.2 cm³/mol. The van der Waals surface area contributed by atoms with Crippen molar-refractivity contribution in [2.45, 2.75) is 32.1 Å². The number of benzene rings is 1. The number of aromatic amines is 1. The summed E-state index contributed by atoms with van der Waals surface area (Å²) < 4.78 is 13.5. The van der Waals surface area contributed by atoms with E-state index >= 15 is 0 Å². The predicted octanol–water partition coefficient (Wildman–Crippen LogP) is 2.46. The molecule has 1 atom stereocenters. The van der Waals surface area contributed by atoms with E-state index in [0.717, 1.165) is 37.6 Å². The Hall–Kier alpha value is -2.28. The van der Waals surface area contributed by atoms with Crippen LogP contribution in [0.1, 0.15) is 36.8 Å². The minimum Gasteiger partial charge on any atom is -0.324 e. The van der Waals surface area contributed by atoms with Gasteiger partial charge in [0.05, 0.1) is 5.69 Å². The fourth-order valence-corrected chi connectivity index (χ4v) is 3.05. The molecule has 0 aliphatic carbocycles. The summed E-state index contributed by atoms with van der Waals surface area (Å²) in [6, 6.07) is 6.20. The molecule has 1 fully saturated rings. The molecule has 0 unspecified atom stereocenters. The maximum absolute atomic E-state index is 13.5. The molecular formula is C17H22FN5O. The molecule has 6 nitrogen and oxygen atoms in total. The highest BCUT2D eigenvalue weighted by Crippen LogP contribution is 2.24. The van der Waals surface area contributed by atoms with Gasteiger partial charge in [-0.05, 0) is 38.4 Å². The molecule has 3 rings (SSSR count). The first-order valence-corrected chi connectivity index (χ1v) is 8.27. The number of carbonyl (C=O) groups excluding carboxylic acids is 1. The quantitative estimate of drug-likeness (QED) is 0.883. The summed E-state index contributed by atoms with van der Waals surface area (Å²) >= 11 is 0. The Morgan fingerprint density at radius 1 is 1.46 bits per heavy atom. The molecule has 0 saturated carbocycles. The van der Waals surface area contributed by atoms with Crippen LogP contribution in [0.4, 0.5) is 10.1 Å². The molecule has 0 spiro atoms. The Bertz CT molecular complexity index is 702. The van der Waals surface area contributed by atoms with E-state index in [4.69, 9.17) is 0 Å². The lowest BCUT2D eigenvalue weighted by Crippen LogP contribution is -2.36. The fourth-order valence-electron chi connectivity index (χ4n) is 3.05. The third-order valence-electron chi connectivity index (χ3n) is 4.29. The van der Waals surface area contributed by atoms with Crippen LogP contribution in [0.2, 0.25) is 0 Å². The molecule has 128 valence electrons. The average Bonchev–Trinajstić information content (AvgIpc) is 3.02. The summed E-state index contributed by atoms with van der Waals surface area (Å²) in [7, 11) is 0. The van der Waals surface area contributed by atoms with Crippen LogP contribution >= 0.6 is 0 Å². The van der Waals surface area contributed by atoms with Crippen molar-refractivity contribution < 1.29 is 9.18 Å². The summed E-state index contributed by atoms with van der Waals surface area (Å²) in [5, 5.41) is 9.76. The number of hydrogen-bond donors (Lipinski definition) is 2. The molecule has 2 N–H and O–H groups in total. The second-order valence-corrected chi connectivity index (χ2v) is 6.20. The smallest absolute Gasteiger partial charge is 0.225 e. The standard InChI is InChI=1S/C17H22FN5O/c1-12-19-17(22-21-12)13-5-4-9-23(11-13)10-8-16(24)20-15-7-3-2-6-14(15)18/h2-3,6-7,13H,4-5,8-11H2,1H3,(H,20,24)(H,19,21,22)/t13-/m0/s1. The van der Waals surface area contributed by atoms with Crippen LogP contribution in [0.3, 0.4) is 0 Å². The first-order chi connectivity index (χ1) is 11.6. The van der Waals surface area contributed by atoms with Crippen LogP contribution in [0, 0.1) is 12.7 Å². The summed E-state index contributed by atoms with van der Waals surface area (Å²) in [5.41, 5.74) is 0.232. The summed E-state index contributed by atoms with van der Waals surface area (Å²) in [6.07, 6.45) is 2.47. The van der Waals surface area contributed by atoms with E-state index in [1.54, 1.807) is 18.2 Å². The molecule has 1 aliphatic heterocycles. The fraction of sp³-hybridized carbons (Fsp3) is 0.471. The van der Waals surface area contributed by atoms with Gasteiger partial charge in [0.1, 0.15) is 11.6 Å². The lowest BCUT2D eigenvalue weighted by molar-refractivity contribution is -0.116. The van der Waals surface area contributed by atoms with Crippen molar-refractivity contribution in [3.8, 4) is 0 Å². The molecule has 1 aliphatic rings. The maximum Gasteiger partial charge on any atom is 0.225 e. The minimum atomic E-state index is -0.413. The molecule has 1 aromatic heterocycles. The Balaban J connectivity index is 1.49. The van der Waals surface area contributed by atoms with Crippen LogP contribution in [0.25, 0.3) is 0 Å². The van der Waals surface area contributed by atoms with E-state index in [-0.39, 0.29) is 11.6 Å². The molecule has 7 heteroatoms. The zero-order chi connectivity index (χ0) is 16.9. The first kappa shape index (κ1) is 16.6. The third-order valence-corrected chi connectivity index (χ3v) is 4.29. The van der Waals surface area contributed by atoms with Crippen LogP contribution in [0.5, 0.6) is 0 Å². The van der Waals surface area contributed by atoms with Crippen molar-refractivity contribution >= 4 is 11.6 Å². The van der Waals surface area contributed by atoms with Gasteiger partial charge >= 0.3 is 0 Å². The Kier molecular flexibility index (Phi) is 5.20. The van der Waals surface area contributed by atoms with Gasteiger partial charge < -0.3 is 10.2 Å². The lowest BCUT2D eigenvalue weighted by atomic mass is 9.97. The Morgan fingerprint density at radius 2 is 2.29 bits per heavy atom. The number of piperidine rings is 1. The molecule has 2 heterocycles. The van der Waals surface area contributed by atoms with Gasteiger partial charge in [-0.3, -0.25) is 9.89 Å². The average molecular weight is 331 g/mol. The second-order valence-electron chi connectivity index (χ2n) is 6.20. The van der Waals surface area contributed by atoms with Crippen LogP contribution in [-0.2, 0) is 4.79 Å². The molecule has 1 saturated heterocycles. The van der Waals surface area contributed by atoms with Gasteiger partial charge in [0.15, 0.2) is 5.82 Å². The zero-order valence-corrected chi connectivity index (χ0v) is 13.8. The monoisotopic (exact) mass is 331 g/mol. The molecular weight excluding hydrogens is 309 g/mol. The van der Waals surface area contributed by atoms with E-state index in [0.29, 0.717) is 18.9 Å². The number of carbonyl (C=O) groups is 1. The van der Waals surface area contributed by atoms with Crippen molar-refractivity contribution in [3.05, 3.63) is 41.7 Å². The summed E-state index contributed by atoms with van der Waals surface area (Å²) in [4.78, 5) is 18.7. The largest absolute Gasteiger partial charge is 0.324 e. The van der Waals surface area contributed by atoms with Crippen molar-refractivity contribution in [1.29, 1.82) is 0 Å². The van der Waals surface area contributed by atoms with Gasteiger partial charge in [-0.1, -0.05) is 12.1 Å². The van der Waals surface area contributed by atoms with E-state index in [1.165, 1.54) is 6.07 Å². The third kappa shape index (κ3) is 4.17. The number of halogens is 1. The summed E-state index contributed by atoms with van der Waals surface area (Å²) in [5.74, 6) is 1.40. The first-order valence-electron chi connectivity index (χ1n) is 8.27. The maximum atomic E-state index is 13.5. The lowest BCUT2D eigenvalue weighted by Gasteiger charge is -2.31. The molecule has 1 aromatic carbocycles. The number of hydrogen-bond acceptors (Lipinski definition) is 4. The highest BCUT2D eigenvalue weighted by atomic mass is 19.1. The second kappa shape index (κ2) is 7.53. The minimum absolute atomic E-state index is 0.170. The SMILES string of the molecule is Cc1nc([C@H]2CCCN(CCC(=O)Nc3ccccc3F)C2)n[nH]1. The van der Waals surface area contributed by atoms with Gasteiger partial charge in [-0.2, -0.15) is 5.10 Å². The number of aryl methyl sites for hydroxylation is 1. The van der Waals surface area contributed by atoms with E-state index in [1.807, 2.05) is 6.92 Å². The number of amides is 1. The molecule has 0 bridgehead atoms. The van der Waals surface area contributed by atoms with Crippen LogP contribution in [-0.4, -0.2) is 45.6 Å². The van der Waals surface area contributed by atoms with Crippen molar-refractivity contribution in [3.63, 3.8) is 0 Å². The zero-order valence-electron chi connectivity index (χ0n) is 13.8. The number of H-pyrrole nitrogens is 1. The number of nitrogens with zero attached hydrogens (tertiary/aromatic N) is 3. The summed E-state index contributed by atoms with van der Waals surface area (Å²) in [6.45, 7) is 4.36. The van der Waals surface area contributed by atoms with Crippen LogP contribution in [0.15, 0.2) is 24.3 Å². The number of anilines is 1. The highest BCUT2D eigenvalue weighted by molar-refractivity contribution is 5.90. The van der Waals surface area contributed by atoms with E-state index in [2.05, 4.69) is 25.4 Å². The van der Waals surface area contributed by atoms with Crippen molar-refractivity contribution in [2.75, 3.05) is 25.0 Å². The van der Waals surface area contributed by atoms with Crippen LogP contribution < -0.4 is 5.32 Å². The number of para-hydroxylation sites is 1. The topological polar surface area (TPSA) is 73.9 Å². The van der Waals surface area contributed by atoms with Gasteiger partial charge in [-0.25, -0.2) is 9.37 Å². The number of nitrogens with one attached hydrogen (secondary N) is 2. The van der Waals surface area contributed by atoms with Crippen molar-refractivity contribution in [2.24, 2.45) is 0 Å².